The molecule has 0 aliphatic heterocycles. The molecule has 0 aliphatic rings. The fraction of sp³-hybridized carbons (Fsp3) is 0.182. The number of aryl methyl sites for hydroxylation is 2. The second-order valence-corrected chi connectivity index (χ2v) is 3.69. The number of nitrogen functional groups attached to an aromatic ring is 1. The molecule has 0 unspecified atom stereocenters. The lowest BCUT2D eigenvalue weighted by molar-refractivity contribution is 0.628. The van der Waals surface area contributed by atoms with E-state index in [-0.39, 0.29) is 5.82 Å². The van der Waals surface area contributed by atoms with E-state index in [4.69, 9.17) is 5.73 Å². The number of anilines is 3. The Hall–Kier alpha value is -2.04. The predicted molar refractivity (Wildman–Crippen MR) is 62.0 cm³/mol. The van der Waals surface area contributed by atoms with Gasteiger partial charge in [-0.15, -0.1) is 0 Å². The topological polar surface area (TPSA) is 55.9 Å². The first kappa shape index (κ1) is 10.5. The summed E-state index contributed by atoms with van der Waals surface area (Å²) in [5, 5.41) is 7.14. The van der Waals surface area contributed by atoms with Gasteiger partial charge < -0.3 is 11.1 Å². The third-order valence-corrected chi connectivity index (χ3v) is 2.31. The van der Waals surface area contributed by atoms with Crippen molar-refractivity contribution < 1.29 is 4.39 Å². The molecule has 0 radical (unpaired) electrons. The van der Waals surface area contributed by atoms with Gasteiger partial charge in [-0.05, 0) is 24.6 Å². The normalized spacial score (nSPS) is 10.4. The van der Waals surface area contributed by atoms with Gasteiger partial charge in [0.15, 0.2) is 5.82 Å². The Kier molecular flexibility index (Phi) is 2.52. The fourth-order valence-electron chi connectivity index (χ4n) is 1.46. The first-order chi connectivity index (χ1) is 7.56. The summed E-state index contributed by atoms with van der Waals surface area (Å²) in [7, 11) is 1.78. The van der Waals surface area contributed by atoms with Gasteiger partial charge in [0.2, 0.25) is 0 Å². The monoisotopic (exact) mass is 220 g/mol. The summed E-state index contributed by atoms with van der Waals surface area (Å²) in [6.45, 7) is 1.89. The molecule has 1 heterocycles. The molecule has 0 aliphatic carbocycles. The molecule has 1 aromatic heterocycles. The summed E-state index contributed by atoms with van der Waals surface area (Å²) < 4.78 is 14.7. The zero-order valence-corrected chi connectivity index (χ0v) is 9.16. The molecule has 84 valence electrons. The second-order valence-electron chi connectivity index (χ2n) is 3.69. The summed E-state index contributed by atoms with van der Waals surface area (Å²) >= 11 is 0. The number of benzene rings is 1. The van der Waals surface area contributed by atoms with Crippen LogP contribution in [0.25, 0.3) is 0 Å². The van der Waals surface area contributed by atoms with Crippen molar-refractivity contribution in [3.8, 4) is 0 Å². The van der Waals surface area contributed by atoms with Crippen LogP contribution in [-0.2, 0) is 7.05 Å². The van der Waals surface area contributed by atoms with Crippen molar-refractivity contribution in [2.24, 2.45) is 7.05 Å². The molecule has 0 atom stereocenters. The lowest BCUT2D eigenvalue weighted by atomic mass is 10.2. The lowest BCUT2D eigenvalue weighted by Gasteiger charge is -2.07. The molecule has 4 nitrogen and oxygen atoms in total. The standard InChI is InChI=1S/C11H13FN4/c1-7-3-4-8(12)5-10(7)14-11-9(13)6-16(2)15-11/h3-6H,13H2,1-2H3,(H,14,15). The molecule has 2 rings (SSSR count). The summed E-state index contributed by atoms with van der Waals surface area (Å²) in [4.78, 5) is 0. The van der Waals surface area contributed by atoms with Gasteiger partial charge in [0.1, 0.15) is 5.82 Å². The van der Waals surface area contributed by atoms with Gasteiger partial charge in [0.25, 0.3) is 0 Å². The van der Waals surface area contributed by atoms with Crippen LogP contribution < -0.4 is 11.1 Å². The van der Waals surface area contributed by atoms with Gasteiger partial charge in [-0.1, -0.05) is 6.07 Å². The Morgan fingerprint density at radius 1 is 1.44 bits per heavy atom. The zero-order valence-electron chi connectivity index (χ0n) is 9.16. The van der Waals surface area contributed by atoms with Gasteiger partial charge in [-0.3, -0.25) is 4.68 Å². The summed E-state index contributed by atoms with van der Waals surface area (Å²) in [6.07, 6.45) is 1.69. The molecular weight excluding hydrogens is 207 g/mol. The molecule has 0 spiro atoms. The van der Waals surface area contributed by atoms with Crippen LogP contribution in [0.2, 0.25) is 0 Å². The number of nitrogens with zero attached hydrogens (tertiary/aromatic N) is 2. The van der Waals surface area contributed by atoms with Crippen LogP contribution in [-0.4, -0.2) is 9.78 Å². The van der Waals surface area contributed by atoms with Crippen LogP contribution in [0.4, 0.5) is 21.6 Å². The smallest absolute Gasteiger partial charge is 0.175 e. The molecule has 0 saturated heterocycles. The molecule has 3 N–H and O–H groups in total. The molecule has 0 fully saturated rings. The molecule has 0 amide bonds. The minimum absolute atomic E-state index is 0.289. The van der Waals surface area contributed by atoms with Crippen LogP contribution in [0.5, 0.6) is 0 Å². The fourth-order valence-corrected chi connectivity index (χ4v) is 1.46. The number of hydrogen-bond donors (Lipinski definition) is 2. The number of hydrogen-bond acceptors (Lipinski definition) is 3. The van der Waals surface area contributed by atoms with E-state index < -0.39 is 0 Å². The molecule has 1 aromatic carbocycles. The van der Waals surface area contributed by atoms with Gasteiger partial charge in [-0.25, -0.2) is 4.39 Å². The van der Waals surface area contributed by atoms with E-state index in [0.717, 1.165) is 5.56 Å². The first-order valence-electron chi connectivity index (χ1n) is 4.88. The molecule has 2 aromatic rings. The molecule has 0 bridgehead atoms. The van der Waals surface area contributed by atoms with Crippen molar-refractivity contribution in [1.29, 1.82) is 0 Å². The van der Waals surface area contributed by atoms with Gasteiger partial charge in [0, 0.05) is 18.9 Å². The maximum Gasteiger partial charge on any atom is 0.175 e. The third-order valence-electron chi connectivity index (χ3n) is 2.31. The quantitative estimate of drug-likeness (QED) is 0.815. The number of nitrogens with two attached hydrogens (primary N) is 1. The Morgan fingerprint density at radius 3 is 2.81 bits per heavy atom. The number of rotatable bonds is 2. The Labute approximate surface area is 92.9 Å². The highest BCUT2D eigenvalue weighted by Crippen LogP contribution is 2.23. The minimum Gasteiger partial charge on any atom is -0.394 e. The van der Waals surface area contributed by atoms with E-state index in [1.165, 1.54) is 12.1 Å². The summed E-state index contributed by atoms with van der Waals surface area (Å²) in [5.41, 5.74) is 7.88. The van der Waals surface area contributed by atoms with Gasteiger partial charge in [0.05, 0.1) is 5.69 Å². The lowest BCUT2D eigenvalue weighted by Crippen LogP contribution is -1.98. The maximum atomic E-state index is 13.1. The average Bonchev–Trinajstić information content (AvgIpc) is 2.51. The average molecular weight is 220 g/mol. The van der Waals surface area contributed by atoms with E-state index in [1.807, 2.05) is 6.92 Å². The minimum atomic E-state index is -0.289. The highest BCUT2D eigenvalue weighted by atomic mass is 19.1. The first-order valence-corrected chi connectivity index (χ1v) is 4.88. The van der Waals surface area contributed by atoms with E-state index in [1.54, 1.807) is 24.0 Å². The van der Waals surface area contributed by atoms with Crippen molar-refractivity contribution in [3.05, 3.63) is 35.8 Å². The largest absolute Gasteiger partial charge is 0.394 e. The zero-order chi connectivity index (χ0) is 11.7. The second kappa shape index (κ2) is 3.84. The summed E-state index contributed by atoms with van der Waals surface area (Å²) in [5.74, 6) is 0.249. The molecule has 5 heteroatoms. The highest BCUT2D eigenvalue weighted by molar-refractivity contribution is 5.69. The van der Waals surface area contributed by atoms with Crippen LogP contribution in [0.15, 0.2) is 24.4 Å². The SMILES string of the molecule is Cc1ccc(F)cc1Nc1nn(C)cc1N. The van der Waals surface area contributed by atoms with E-state index >= 15 is 0 Å². The van der Waals surface area contributed by atoms with Gasteiger partial charge in [-0.2, -0.15) is 5.10 Å². The van der Waals surface area contributed by atoms with Crippen molar-refractivity contribution in [1.82, 2.24) is 9.78 Å². The molecule has 0 saturated carbocycles. The molecule has 16 heavy (non-hydrogen) atoms. The van der Waals surface area contributed by atoms with E-state index in [0.29, 0.717) is 17.2 Å². The maximum absolute atomic E-state index is 13.1. The molecular formula is C11H13FN4. The predicted octanol–water partition coefficient (Wildman–Crippen LogP) is 2.19. The van der Waals surface area contributed by atoms with Gasteiger partial charge >= 0.3 is 0 Å². The Bertz CT molecular complexity index is 519. The van der Waals surface area contributed by atoms with Crippen LogP contribution in [0.3, 0.4) is 0 Å². The van der Waals surface area contributed by atoms with E-state index in [2.05, 4.69) is 10.4 Å². The van der Waals surface area contributed by atoms with Crippen molar-refractivity contribution in [3.63, 3.8) is 0 Å². The van der Waals surface area contributed by atoms with Crippen molar-refractivity contribution >= 4 is 17.2 Å². The Balaban J connectivity index is 2.33. The van der Waals surface area contributed by atoms with E-state index in [9.17, 15) is 4.39 Å². The number of halogens is 1. The number of nitrogens with one attached hydrogen (secondary N) is 1. The number of aromatic nitrogens is 2. The third kappa shape index (κ3) is 1.98. The van der Waals surface area contributed by atoms with Crippen molar-refractivity contribution in [2.45, 2.75) is 6.92 Å². The van der Waals surface area contributed by atoms with Crippen LogP contribution in [0.1, 0.15) is 5.56 Å². The van der Waals surface area contributed by atoms with Crippen LogP contribution >= 0.6 is 0 Å². The highest BCUT2D eigenvalue weighted by Gasteiger charge is 2.06. The van der Waals surface area contributed by atoms with Crippen molar-refractivity contribution in [2.75, 3.05) is 11.1 Å². The Morgan fingerprint density at radius 2 is 2.19 bits per heavy atom. The summed E-state index contributed by atoms with van der Waals surface area (Å²) in [6, 6.07) is 4.54. The van der Waals surface area contributed by atoms with Crippen LogP contribution in [0, 0.1) is 12.7 Å².